The van der Waals surface area contributed by atoms with Gasteiger partial charge in [-0.15, -0.1) is 0 Å². The van der Waals surface area contributed by atoms with Gasteiger partial charge >= 0.3 is 0 Å². The van der Waals surface area contributed by atoms with E-state index in [1.807, 2.05) is 4.90 Å². The quantitative estimate of drug-likeness (QED) is 0.623. The summed E-state index contributed by atoms with van der Waals surface area (Å²) in [6, 6.07) is 6.52. The van der Waals surface area contributed by atoms with Crippen LogP contribution in [0.3, 0.4) is 0 Å². The van der Waals surface area contributed by atoms with Crippen LogP contribution in [0.15, 0.2) is 36.7 Å². The monoisotopic (exact) mass is 354 g/mol. The third kappa shape index (κ3) is 3.09. The summed E-state index contributed by atoms with van der Waals surface area (Å²) in [4.78, 5) is 25.4. The van der Waals surface area contributed by atoms with Crippen molar-refractivity contribution >= 4 is 11.6 Å². The average molecular weight is 354 g/mol. The van der Waals surface area contributed by atoms with Crippen molar-refractivity contribution in [3.8, 4) is 5.69 Å². The number of likely N-dealkylation sites (tertiary alicyclic amines) is 1. The van der Waals surface area contributed by atoms with Gasteiger partial charge in [-0.3, -0.25) is 14.9 Å². The lowest BCUT2D eigenvalue weighted by molar-refractivity contribution is -0.384. The van der Waals surface area contributed by atoms with E-state index < -0.39 is 4.92 Å². The third-order valence-corrected chi connectivity index (χ3v) is 5.66. The summed E-state index contributed by atoms with van der Waals surface area (Å²) in [5.41, 5.74) is 1.31. The molecule has 7 nitrogen and oxygen atoms in total. The van der Waals surface area contributed by atoms with E-state index in [2.05, 4.69) is 5.10 Å². The number of amides is 1. The first kappa shape index (κ1) is 16.8. The topological polar surface area (TPSA) is 81.3 Å². The maximum atomic E-state index is 13.0. The molecule has 0 bridgehead atoms. The van der Waals surface area contributed by atoms with Gasteiger partial charge in [0.25, 0.3) is 11.6 Å². The SMILES string of the molecule is O=C(c1cnn(-c2ccc([N+](=O)[O-])cc2)c1)N1CCCC2CCCCC21. The summed E-state index contributed by atoms with van der Waals surface area (Å²) in [6.45, 7) is 0.822. The summed E-state index contributed by atoms with van der Waals surface area (Å²) in [7, 11) is 0. The largest absolute Gasteiger partial charge is 0.335 e. The van der Waals surface area contributed by atoms with Crippen molar-refractivity contribution in [3.63, 3.8) is 0 Å². The summed E-state index contributed by atoms with van der Waals surface area (Å²) >= 11 is 0. The second-order valence-corrected chi connectivity index (χ2v) is 7.20. The molecule has 2 atom stereocenters. The highest BCUT2D eigenvalue weighted by Gasteiger charge is 2.36. The van der Waals surface area contributed by atoms with Crippen molar-refractivity contribution in [2.75, 3.05) is 6.54 Å². The lowest BCUT2D eigenvalue weighted by atomic mass is 9.78. The molecule has 2 fully saturated rings. The zero-order chi connectivity index (χ0) is 18.1. The van der Waals surface area contributed by atoms with Crippen LogP contribution < -0.4 is 0 Å². The molecular weight excluding hydrogens is 332 g/mol. The number of nitrogens with zero attached hydrogens (tertiary/aromatic N) is 4. The minimum Gasteiger partial charge on any atom is -0.335 e. The van der Waals surface area contributed by atoms with Crippen LogP contribution in [-0.4, -0.2) is 38.1 Å². The van der Waals surface area contributed by atoms with Crippen molar-refractivity contribution in [3.05, 3.63) is 52.3 Å². The Labute approximate surface area is 151 Å². The van der Waals surface area contributed by atoms with Crippen LogP contribution in [0.2, 0.25) is 0 Å². The molecule has 26 heavy (non-hydrogen) atoms. The van der Waals surface area contributed by atoms with Crippen LogP contribution in [0.4, 0.5) is 5.69 Å². The molecule has 4 rings (SSSR count). The molecule has 2 unspecified atom stereocenters. The number of non-ortho nitro benzene ring substituents is 1. The van der Waals surface area contributed by atoms with Crippen LogP contribution >= 0.6 is 0 Å². The minimum atomic E-state index is -0.432. The van der Waals surface area contributed by atoms with Crippen molar-refractivity contribution in [1.29, 1.82) is 0 Å². The van der Waals surface area contributed by atoms with E-state index in [4.69, 9.17) is 0 Å². The number of aromatic nitrogens is 2. The molecule has 0 radical (unpaired) electrons. The van der Waals surface area contributed by atoms with Gasteiger partial charge in [-0.2, -0.15) is 5.10 Å². The highest BCUT2D eigenvalue weighted by atomic mass is 16.6. The maximum Gasteiger partial charge on any atom is 0.269 e. The number of rotatable bonds is 3. The second-order valence-electron chi connectivity index (χ2n) is 7.20. The van der Waals surface area contributed by atoms with E-state index >= 15 is 0 Å². The molecule has 1 saturated carbocycles. The lowest BCUT2D eigenvalue weighted by Gasteiger charge is -2.44. The van der Waals surface area contributed by atoms with Crippen molar-refractivity contribution < 1.29 is 9.72 Å². The number of benzene rings is 1. The molecule has 136 valence electrons. The summed E-state index contributed by atoms with van der Waals surface area (Å²) in [5, 5.41) is 15.0. The summed E-state index contributed by atoms with van der Waals surface area (Å²) < 4.78 is 1.60. The number of fused-ring (bicyclic) bond motifs is 1. The smallest absolute Gasteiger partial charge is 0.269 e. The van der Waals surface area contributed by atoms with Gasteiger partial charge in [0.2, 0.25) is 0 Å². The zero-order valence-corrected chi connectivity index (χ0v) is 14.6. The fourth-order valence-electron chi connectivity index (χ4n) is 4.34. The molecule has 2 aromatic rings. The van der Waals surface area contributed by atoms with Gasteiger partial charge in [-0.1, -0.05) is 12.8 Å². The molecular formula is C19H22N4O3. The normalized spacial score (nSPS) is 22.7. The van der Waals surface area contributed by atoms with Crippen LogP contribution in [-0.2, 0) is 0 Å². The van der Waals surface area contributed by atoms with E-state index in [0.29, 0.717) is 23.2 Å². The predicted octanol–water partition coefficient (Wildman–Crippen LogP) is 3.58. The Bertz CT molecular complexity index is 812. The van der Waals surface area contributed by atoms with Gasteiger partial charge < -0.3 is 4.90 Å². The Hall–Kier alpha value is -2.70. The fraction of sp³-hybridized carbons (Fsp3) is 0.474. The first-order valence-corrected chi connectivity index (χ1v) is 9.24. The molecule has 1 aromatic heterocycles. The molecule has 1 saturated heterocycles. The minimum absolute atomic E-state index is 0.0360. The number of nitro benzene ring substituents is 1. The van der Waals surface area contributed by atoms with Crippen LogP contribution in [0, 0.1) is 16.0 Å². The van der Waals surface area contributed by atoms with E-state index in [-0.39, 0.29) is 11.6 Å². The molecule has 2 aliphatic rings. The van der Waals surface area contributed by atoms with E-state index in [1.165, 1.54) is 37.8 Å². The molecule has 1 aromatic carbocycles. The molecule has 7 heteroatoms. The van der Waals surface area contributed by atoms with Gasteiger partial charge in [0.15, 0.2) is 0 Å². The standard InChI is InChI=1S/C19H22N4O3/c24-19(21-11-3-5-14-4-1-2-6-18(14)21)15-12-20-22(13-15)16-7-9-17(10-8-16)23(25)26/h7-10,12-14,18H,1-6,11H2. The average Bonchev–Trinajstić information content (AvgIpc) is 3.17. The Morgan fingerprint density at radius 3 is 2.62 bits per heavy atom. The Morgan fingerprint density at radius 1 is 1.12 bits per heavy atom. The number of piperidine rings is 1. The van der Waals surface area contributed by atoms with E-state index in [1.54, 1.807) is 29.2 Å². The number of carbonyl (C=O) groups excluding carboxylic acids is 1. The Morgan fingerprint density at radius 2 is 1.85 bits per heavy atom. The van der Waals surface area contributed by atoms with E-state index in [0.717, 1.165) is 19.4 Å². The molecule has 1 amide bonds. The van der Waals surface area contributed by atoms with Crippen LogP contribution in [0.25, 0.3) is 5.69 Å². The number of nitro groups is 1. The van der Waals surface area contributed by atoms with Crippen molar-refractivity contribution in [2.45, 2.75) is 44.6 Å². The number of hydrogen-bond acceptors (Lipinski definition) is 4. The van der Waals surface area contributed by atoms with Gasteiger partial charge in [0, 0.05) is 30.9 Å². The van der Waals surface area contributed by atoms with Gasteiger partial charge in [-0.25, -0.2) is 4.68 Å². The number of hydrogen-bond donors (Lipinski definition) is 0. The van der Waals surface area contributed by atoms with E-state index in [9.17, 15) is 14.9 Å². The second kappa shape index (κ2) is 6.90. The van der Waals surface area contributed by atoms with Gasteiger partial charge in [-0.05, 0) is 43.7 Å². The highest BCUT2D eigenvalue weighted by molar-refractivity contribution is 5.94. The fourth-order valence-corrected chi connectivity index (χ4v) is 4.34. The predicted molar refractivity (Wildman–Crippen MR) is 96.2 cm³/mol. The third-order valence-electron chi connectivity index (χ3n) is 5.66. The lowest BCUT2D eigenvalue weighted by Crippen LogP contribution is -2.49. The van der Waals surface area contributed by atoms with Crippen molar-refractivity contribution in [2.24, 2.45) is 5.92 Å². The first-order valence-electron chi connectivity index (χ1n) is 9.24. The van der Waals surface area contributed by atoms with Gasteiger partial charge in [0.1, 0.15) is 0 Å². The summed E-state index contributed by atoms with van der Waals surface area (Å²) in [5.74, 6) is 0.695. The molecule has 1 aliphatic carbocycles. The van der Waals surface area contributed by atoms with Crippen LogP contribution in [0.5, 0.6) is 0 Å². The molecule has 0 spiro atoms. The zero-order valence-electron chi connectivity index (χ0n) is 14.6. The van der Waals surface area contributed by atoms with Crippen LogP contribution in [0.1, 0.15) is 48.9 Å². The van der Waals surface area contributed by atoms with Gasteiger partial charge in [0.05, 0.1) is 22.4 Å². The Balaban J connectivity index is 1.53. The molecule has 2 heterocycles. The first-order chi connectivity index (χ1) is 12.6. The maximum absolute atomic E-state index is 13.0. The Kier molecular flexibility index (Phi) is 4.44. The molecule has 1 aliphatic heterocycles. The highest BCUT2D eigenvalue weighted by Crippen LogP contribution is 2.35. The summed E-state index contributed by atoms with van der Waals surface area (Å²) in [6.07, 6.45) is 10.4. The van der Waals surface area contributed by atoms with Crippen molar-refractivity contribution in [1.82, 2.24) is 14.7 Å². The number of carbonyl (C=O) groups is 1. The molecule has 0 N–H and O–H groups in total.